The van der Waals surface area contributed by atoms with E-state index in [0.717, 1.165) is 37.7 Å². The molecule has 0 bridgehead atoms. The number of nitrogens with one attached hydrogen (secondary N) is 1. The van der Waals surface area contributed by atoms with Crippen molar-refractivity contribution in [1.29, 1.82) is 0 Å². The van der Waals surface area contributed by atoms with Crippen molar-refractivity contribution < 1.29 is 9.59 Å². The second-order valence-corrected chi connectivity index (χ2v) is 7.42. The first-order valence-electron chi connectivity index (χ1n) is 9.48. The molecule has 5 nitrogen and oxygen atoms in total. The SMILES string of the molecule is Cl.N[C@@H]1CCC[C@H]1CC(=O)N1CCC(C(=O)NCc2ccccc2)CC1. The lowest BCUT2D eigenvalue weighted by Gasteiger charge is -2.32. The van der Waals surface area contributed by atoms with E-state index in [2.05, 4.69) is 5.32 Å². The molecule has 2 aliphatic rings. The van der Waals surface area contributed by atoms with Crippen LogP contribution in [-0.4, -0.2) is 35.8 Å². The molecule has 3 N–H and O–H groups in total. The van der Waals surface area contributed by atoms with Crippen LogP contribution in [-0.2, 0) is 16.1 Å². The quantitative estimate of drug-likeness (QED) is 0.825. The van der Waals surface area contributed by atoms with Gasteiger partial charge in [0, 0.05) is 38.0 Å². The number of nitrogens with two attached hydrogens (primary N) is 1. The predicted molar refractivity (Wildman–Crippen MR) is 105 cm³/mol. The number of halogens is 1. The van der Waals surface area contributed by atoms with E-state index in [1.807, 2.05) is 35.2 Å². The summed E-state index contributed by atoms with van der Waals surface area (Å²) in [6.07, 6.45) is 5.34. The molecule has 3 rings (SSSR count). The van der Waals surface area contributed by atoms with Crippen molar-refractivity contribution in [2.45, 2.75) is 51.1 Å². The molecule has 144 valence electrons. The smallest absolute Gasteiger partial charge is 0.223 e. The molecular weight excluding hydrogens is 350 g/mol. The predicted octanol–water partition coefficient (Wildman–Crippen LogP) is 2.48. The second-order valence-electron chi connectivity index (χ2n) is 7.42. The van der Waals surface area contributed by atoms with Gasteiger partial charge in [-0.3, -0.25) is 9.59 Å². The van der Waals surface area contributed by atoms with Gasteiger partial charge in [0.05, 0.1) is 0 Å². The summed E-state index contributed by atoms with van der Waals surface area (Å²) in [4.78, 5) is 26.7. The number of likely N-dealkylation sites (tertiary alicyclic amines) is 1. The number of hydrogen-bond donors (Lipinski definition) is 2. The highest BCUT2D eigenvalue weighted by molar-refractivity contribution is 5.85. The normalized spacial score (nSPS) is 23.3. The van der Waals surface area contributed by atoms with E-state index < -0.39 is 0 Å². The standard InChI is InChI=1S/C20H29N3O2.ClH/c21-18-8-4-7-17(18)13-19(24)23-11-9-16(10-12-23)20(25)22-14-15-5-2-1-3-6-15;/h1-3,5-6,16-18H,4,7-14,21H2,(H,22,25);1H/t17-,18+;/m0./s1. The minimum absolute atomic E-state index is 0. The van der Waals surface area contributed by atoms with Crippen LogP contribution in [0.5, 0.6) is 0 Å². The minimum Gasteiger partial charge on any atom is -0.352 e. The first-order valence-corrected chi connectivity index (χ1v) is 9.48. The van der Waals surface area contributed by atoms with E-state index in [1.54, 1.807) is 0 Å². The van der Waals surface area contributed by atoms with Gasteiger partial charge < -0.3 is 16.0 Å². The molecule has 1 aliphatic heterocycles. The highest BCUT2D eigenvalue weighted by Gasteiger charge is 2.31. The number of carbonyl (C=O) groups is 2. The van der Waals surface area contributed by atoms with Crippen molar-refractivity contribution in [2.75, 3.05) is 13.1 Å². The van der Waals surface area contributed by atoms with E-state index in [0.29, 0.717) is 32.0 Å². The molecule has 1 heterocycles. The topological polar surface area (TPSA) is 75.4 Å². The van der Waals surface area contributed by atoms with Crippen LogP contribution in [0.25, 0.3) is 0 Å². The summed E-state index contributed by atoms with van der Waals surface area (Å²) >= 11 is 0. The van der Waals surface area contributed by atoms with E-state index >= 15 is 0 Å². The number of carbonyl (C=O) groups excluding carboxylic acids is 2. The molecule has 6 heteroatoms. The van der Waals surface area contributed by atoms with Gasteiger partial charge in [-0.05, 0) is 37.2 Å². The second kappa shape index (κ2) is 9.93. The van der Waals surface area contributed by atoms with E-state index in [1.165, 1.54) is 0 Å². The van der Waals surface area contributed by atoms with E-state index in [9.17, 15) is 9.59 Å². The third kappa shape index (κ3) is 5.45. The van der Waals surface area contributed by atoms with E-state index in [4.69, 9.17) is 5.73 Å². The number of nitrogens with zero attached hydrogens (tertiary/aromatic N) is 1. The van der Waals surface area contributed by atoms with Crippen LogP contribution in [0.4, 0.5) is 0 Å². The maximum Gasteiger partial charge on any atom is 0.223 e. The molecule has 0 radical (unpaired) electrons. The Kier molecular flexibility index (Phi) is 7.91. The largest absolute Gasteiger partial charge is 0.352 e. The van der Waals surface area contributed by atoms with Crippen LogP contribution in [0.2, 0.25) is 0 Å². The van der Waals surface area contributed by atoms with Crippen LogP contribution in [0.15, 0.2) is 30.3 Å². The van der Waals surface area contributed by atoms with Gasteiger partial charge >= 0.3 is 0 Å². The third-order valence-electron chi connectivity index (χ3n) is 5.68. The van der Waals surface area contributed by atoms with Gasteiger partial charge in [-0.15, -0.1) is 12.4 Å². The van der Waals surface area contributed by atoms with Crippen molar-refractivity contribution in [2.24, 2.45) is 17.6 Å². The van der Waals surface area contributed by atoms with E-state index in [-0.39, 0.29) is 36.2 Å². The summed E-state index contributed by atoms with van der Waals surface area (Å²) in [5, 5.41) is 3.02. The molecule has 1 aromatic carbocycles. The summed E-state index contributed by atoms with van der Waals surface area (Å²) in [6.45, 7) is 1.94. The molecule has 26 heavy (non-hydrogen) atoms. The van der Waals surface area contributed by atoms with Gasteiger partial charge in [-0.25, -0.2) is 0 Å². The lowest BCUT2D eigenvalue weighted by molar-refractivity contribution is -0.136. The third-order valence-corrected chi connectivity index (χ3v) is 5.68. The Morgan fingerprint density at radius 1 is 1.08 bits per heavy atom. The van der Waals surface area contributed by atoms with Crippen molar-refractivity contribution >= 4 is 24.2 Å². The maximum absolute atomic E-state index is 12.5. The molecule has 1 aliphatic carbocycles. The van der Waals surface area contributed by atoms with Crippen molar-refractivity contribution in [1.82, 2.24) is 10.2 Å². The Bertz CT molecular complexity index is 588. The van der Waals surface area contributed by atoms with Gasteiger partial charge in [0.15, 0.2) is 0 Å². The Balaban J connectivity index is 0.00000243. The molecule has 1 aromatic rings. The Labute approximate surface area is 162 Å². The molecule has 1 saturated carbocycles. The van der Waals surface area contributed by atoms with Crippen LogP contribution in [0.3, 0.4) is 0 Å². The van der Waals surface area contributed by atoms with Gasteiger partial charge in [0.25, 0.3) is 0 Å². The lowest BCUT2D eigenvalue weighted by Crippen LogP contribution is -2.44. The van der Waals surface area contributed by atoms with Gasteiger partial charge in [0.1, 0.15) is 0 Å². The fraction of sp³-hybridized carbons (Fsp3) is 0.600. The van der Waals surface area contributed by atoms with Gasteiger partial charge in [-0.1, -0.05) is 36.8 Å². The van der Waals surface area contributed by atoms with Crippen LogP contribution in [0, 0.1) is 11.8 Å². The van der Waals surface area contributed by atoms with Crippen LogP contribution >= 0.6 is 12.4 Å². The van der Waals surface area contributed by atoms with Crippen LogP contribution in [0.1, 0.15) is 44.1 Å². The minimum atomic E-state index is 0. The first kappa shape index (κ1) is 20.7. The highest BCUT2D eigenvalue weighted by atomic mass is 35.5. The number of hydrogen-bond acceptors (Lipinski definition) is 3. The summed E-state index contributed by atoms with van der Waals surface area (Å²) in [6, 6.07) is 10.1. The summed E-state index contributed by atoms with van der Waals surface area (Å²) in [7, 11) is 0. The number of benzene rings is 1. The molecule has 0 unspecified atom stereocenters. The molecular formula is C20H30ClN3O2. The Hall–Kier alpha value is -1.59. The van der Waals surface area contributed by atoms with Gasteiger partial charge in [-0.2, -0.15) is 0 Å². The number of amides is 2. The molecule has 2 atom stereocenters. The molecule has 0 aromatic heterocycles. The molecule has 0 spiro atoms. The highest BCUT2D eigenvalue weighted by Crippen LogP contribution is 2.28. The maximum atomic E-state index is 12.5. The zero-order valence-corrected chi connectivity index (χ0v) is 16.0. The monoisotopic (exact) mass is 379 g/mol. The molecule has 2 amide bonds. The average Bonchev–Trinajstić information content (AvgIpc) is 3.05. The summed E-state index contributed by atoms with van der Waals surface area (Å²) in [5.74, 6) is 0.681. The average molecular weight is 380 g/mol. The molecule has 1 saturated heterocycles. The molecule has 2 fully saturated rings. The van der Waals surface area contributed by atoms with Crippen molar-refractivity contribution in [3.05, 3.63) is 35.9 Å². The summed E-state index contributed by atoms with van der Waals surface area (Å²) < 4.78 is 0. The van der Waals surface area contributed by atoms with Gasteiger partial charge in [0.2, 0.25) is 11.8 Å². The fourth-order valence-corrected chi connectivity index (χ4v) is 3.99. The fourth-order valence-electron chi connectivity index (χ4n) is 3.99. The Morgan fingerprint density at radius 2 is 1.77 bits per heavy atom. The van der Waals surface area contributed by atoms with Crippen LogP contribution < -0.4 is 11.1 Å². The lowest BCUT2D eigenvalue weighted by atomic mass is 9.94. The zero-order chi connectivity index (χ0) is 17.6. The Morgan fingerprint density at radius 3 is 2.38 bits per heavy atom. The number of rotatable bonds is 5. The first-order chi connectivity index (χ1) is 12.1. The van der Waals surface area contributed by atoms with Crippen molar-refractivity contribution in [3.63, 3.8) is 0 Å². The zero-order valence-electron chi connectivity index (χ0n) is 15.2. The van der Waals surface area contributed by atoms with Crippen molar-refractivity contribution in [3.8, 4) is 0 Å². The number of piperidine rings is 1. The summed E-state index contributed by atoms with van der Waals surface area (Å²) in [5.41, 5.74) is 7.18.